The molecule has 0 spiro atoms. The number of hydrogen-bond donors (Lipinski definition) is 1. The summed E-state index contributed by atoms with van der Waals surface area (Å²) in [6, 6.07) is 27.5. The molecule has 4 aromatic rings. The van der Waals surface area contributed by atoms with Gasteiger partial charge in [-0.1, -0.05) is 55.3 Å². The average molecular weight is 728 g/mol. The fourth-order valence-electron chi connectivity index (χ4n) is 8.29. The van der Waals surface area contributed by atoms with Gasteiger partial charge in [0.25, 0.3) is 0 Å². The molecule has 7 rings (SSSR count). The molecule has 1 aliphatic carbocycles. The average Bonchev–Trinajstić information content (AvgIpc) is 4.06. The monoisotopic (exact) mass is 727 g/mol. The van der Waals surface area contributed by atoms with Crippen LogP contribution in [0.5, 0.6) is 23.0 Å². The number of rotatable bonds is 15. The van der Waals surface area contributed by atoms with Crippen molar-refractivity contribution in [3.63, 3.8) is 0 Å². The minimum Gasteiger partial charge on any atom is -0.493 e. The third kappa shape index (κ3) is 8.42. The van der Waals surface area contributed by atoms with Gasteiger partial charge >= 0.3 is 0 Å². The van der Waals surface area contributed by atoms with Gasteiger partial charge in [0.15, 0.2) is 23.0 Å². The molecule has 1 N–H and O–H groups in total. The van der Waals surface area contributed by atoms with E-state index in [9.17, 15) is 0 Å². The zero-order valence-electron chi connectivity index (χ0n) is 33.0. The summed E-state index contributed by atoms with van der Waals surface area (Å²) in [4.78, 5) is 5.26. The van der Waals surface area contributed by atoms with Crippen LogP contribution >= 0.6 is 0 Å². The van der Waals surface area contributed by atoms with Crippen LogP contribution < -0.4 is 29.2 Å². The Labute approximate surface area is 322 Å². The Morgan fingerprint density at radius 3 is 2.20 bits per heavy atom. The standard InChI is InChI=1S/C47H57N3O4/c1-7-9-37-26-38(28-44(51-3)46(37)53-5)36-11-8-10-33(24-36)31-50(40-16-12-32(2)13-17-40)41-19-22-49(23-20-41)30-34-18-21-48-43(25-34)39-27-42(35-14-15-35)47(54-6)45(29-39)52-4/h8,10-13,16-18,21,24-29,35,41,43,48H,7,9,14-15,19-20,22-23,30-31H2,1-6H3. The van der Waals surface area contributed by atoms with E-state index in [0.29, 0.717) is 12.0 Å². The van der Waals surface area contributed by atoms with Gasteiger partial charge < -0.3 is 29.2 Å². The van der Waals surface area contributed by atoms with E-state index in [2.05, 4.69) is 120 Å². The number of piperidine rings is 1. The molecule has 1 atom stereocenters. The molecule has 1 unspecified atom stereocenters. The Morgan fingerprint density at radius 2 is 1.52 bits per heavy atom. The van der Waals surface area contributed by atoms with Crippen LogP contribution in [0.3, 0.4) is 0 Å². The van der Waals surface area contributed by atoms with Crippen LogP contribution in [-0.4, -0.2) is 59.0 Å². The molecular weight excluding hydrogens is 671 g/mol. The van der Waals surface area contributed by atoms with Crippen molar-refractivity contribution in [2.45, 2.75) is 76.9 Å². The number of nitrogens with one attached hydrogen (secondary N) is 1. The maximum atomic E-state index is 5.78. The Balaban J connectivity index is 1.06. The van der Waals surface area contributed by atoms with Crippen molar-refractivity contribution in [3.05, 3.63) is 125 Å². The van der Waals surface area contributed by atoms with E-state index in [4.69, 9.17) is 18.9 Å². The normalized spacial score (nSPS) is 17.4. The van der Waals surface area contributed by atoms with Gasteiger partial charge in [0.1, 0.15) is 0 Å². The van der Waals surface area contributed by atoms with Gasteiger partial charge in [-0.15, -0.1) is 0 Å². The molecule has 1 saturated heterocycles. The van der Waals surface area contributed by atoms with Gasteiger partial charge in [0, 0.05) is 43.5 Å². The van der Waals surface area contributed by atoms with Crippen LogP contribution in [0.2, 0.25) is 0 Å². The van der Waals surface area contributed by atoms with Crippen LogP contribution in [-0.2, 0) is 13.0 Å². The van der Waals surface area contributed by atoms with Crippen molar-refractivity contribution in [1.29, 1.82) is 0 Å². The van der Waals surface area contributed by atoms with Crippen molar-refractivity contribution in [1.82, 2.24) is 10.2 Å². The van der Waals surface area contributed by atoms with E-state index >= 15 is 0 Å². The minimum absolute atomic E-state index is 0.102. The minimum atomic E-state index is 0.102. The van der Waals surface area contributed by atoms with E-state index in [1.165, 1.54) is 57.5 Å². The van der Waals surface area contributed by atoms with E-state index in [1.807, 2.05) is 0 Å². The summed E-state index contributed by atoms with van der Waals surface area (Å²) in [5.74, 6) is 3.89. The second kappa shape index (κ2) is 17.1. The molecule has 284 valence electrons. The molecule has 0 radical (unpaired) electrons. The van der Waals surface area contributed by atoms with Gasteiger partial charge in [-0.3, -0.25) is 4.90 Å². The van der Waals surface area contributed by atoms with Crippen LogP contribution in [0.4, 0.5) is 5.69 Å². The number of ether oxygens (including phenoxy) is 4. The molecule has 2 aliphatic heterocycles. The summed E-state index contributed by atoms with van der Waals surface area (Å²) < 4.78 is 23.1. The summed E-state index contributed by atoms with van der Waals surface area (Å²) in [6.07, 6.45) is 13.4. The first-order valence-electron chi connectivity index (χ1n) is 19.7. The fourth-order valence-corrected chi connectivity index (χ4v) is 8.29. The number of likely N-dealkylation sites (tertiary alicyclic amines) is 1. The summed E-state index contributed by atoms with van der Waals surface area (Å²) in [5, 5.41) is 3.59. The third-order valence-corrected chi connectivity index (χ3v) is 11.3. The predicted octanol–water partition coefficient (Wildman–Crippen LogP) is 9.78. The molecule has 4 aromatic carbocycles. The van der Waals surface area contributed by atoms with Crippen LogP contribution in [0.25, 0.3) is 11.1 Å². The summed E-state index contributed by atoms with van der Waals surface area (Å²) >= 11 is 0. The third-order valence-electron chi connectivity index (χ3n) is 11.3. The highest BCUT2D eigenvalue weighted by Gasteiger charge is 2.31. The number of hydrogen-bond acceptors (Lipinski definition) is 7. The van der Waals surface area contributed by atoms with Crippen molar-refractivity contribution >= 4 is 5.69 Å². The Kier molecular flexibility index (Phi) is 11.8. The lowest BCUT2D eigenvalue weighted by Crippen LogP contribution is -2.45. The first-order valence-corrected chi connectivity index (χ1v) is 19.7. The molecule has 1 saturated carbocycles. The Morgan fingerprint density at radius 1 is 0.778 bits per heavy atom. The van der Waals surface area contributed by atoms with Gasteiger partial charge in [-0.05, 0) is 133 Å². The molecule has 0 bridgehead atoms. The highest BCUT2D eigenvalue weighted by molar-refractivity contribution is 5.70. The smallest absolute Gasteiger partial charge is 0.164 e. The van der Waals surface area contributed by atoms with Crippen LogP contribution in [0.15, 0.2) is 96.7 Å². The van der Waals surface area contributed by atoms with Gasteiger partial charge in [-0.25, -0.2) is 0 Å². The van der Waals surface area contributed by atoms with Crippen molar-refractivity contribution in [3.8, 4) is 34.1 Å². The molecule has 2 heterocycles. The summed E-state index contributed by atoms with van der Waals surface area (Å²) in [6.45, 7) is 8.28. The predicted molar refractivity (Wildman–Crippen MR) is 220 cm³/mol. The first-order chi connectivity index (χ1) is 26.4. The van der Waals surface area contributed by atoms with Crippen LogP contribution in [0.1, 0.15) is 78.8 Å². The topological polar surface area (TPSA) is 55.4 Å². The molecule has 0 amide bonds. The number of nitrogens with zero attached hydrogens (tertiary/aromatic N) is 2. The molecule has 7 nitrogen and oxygen atoms in total. The van der Waals surface area contributed by atoms with E-state index in [0.717, 1.165) is 80.4 Å². The summed E-state index contributed by atoms with van der Waals surface area (Å²) in [5.41, 5.74) is 11.3. The second-order valence-electron chi connectivity index (χ2n) is 15.1. The zero-order valence-corrected chi connectivity index (χ0v) is 33.0. The number of dihydropyridines is 1. The highest BCUT2D eigenvalue weighted by Crippen LogP contribution is 2.49. The number of anilines is 1. The quantitative estimate of drug-likeness (QED) is 0.131. The fraction of sp³-hybridized carbons (Fsp3) is 0.404. The maximum Gasteiger partial charge on any atom is 0.164 e. The Bertz CT molecular complexity index is 1960. The molecule has 2 fully saturated rings. The number of aryl methyl sites for hydroxylation is 2. The maximum absolute atomic E-state index is 5.78. The Hall–Kier alpha value is -4.88. The van der Waals surface area contributed by atoms with Crippen molar-refractivity contribution in [2.24, 2.45) is 0 Å². The van der Waals surface area contributed by atoms with E-state index in [1.54, 1.807) is 28.4 Å². The van der Waals surface area contributed by atoms with Crippen molar-refractivity contribution in [2.75, 3.05) is 53.0 Å². The lowest BCUT2D eigenvalue weighted by atomic mass is 9.96. The van der Waals surface area contributed by atoms with Gasteiger partial charge in [0.05, 0.1) is 34.5 Å². The number of methoxy groups -OCH3 is 4. The first kappa shape index (κ1) is 37.4. The number of benzene rings is 4. The molecular formula is C47H57N3O4. The largest absolute Gasteiger partial charge is 0.493 e. The van der Waals surface area contributed by atoms with Gasteiger partial charge in [-0.2, -0.15) is 0 Å². The molecule has 7 heteroatoms. The van der Waals surface area contributed by atoms with Crippen LogP contribution in [0, 0.1) is 6.92 Å². The molecule has 3 aliphatic rings. The highest BCUT2D eigenvalue weighted by atomic mass is 16.5. The molecule has 0 aromatic heterocycles. The molecule has 54 heavy (non-hydrogen) atoms. The van der Waals surface area contributed by atoms with E-state index < -0.39 is 0 Å². The van der Waals surface area contributed by atoms with Crippen molar-refractivity contribution < 1.29 is 18.9 Å². The SMILES string of the molecule is CCCc1cc(-c2cccc(CN(c3ccc(C)cc3)C3CCN(CC4=CC(c5cc(OC)c(OC)c(C6CC6)c5)NC=C4)CC3)c2)cc(OC)c1OC. The second-order valence-corrected chi connectivity index (χ2v) is 15.1. The van der Waals surface area contributed by atoms with E-state index in [-0.39, 0.29) is 6.04 Å². The van der Waals surface area contributed by atoms with Gasteiger partial charge in [0.2, 0.25) is 0 Å². The lowest BCUT2D eigenvalue weighted by Gasteiger charge is -2.40. The summed E-state index contributed by atoms with van der Waals surface area (Å²) in [7, 11) is 6.93. The zero-order chi connectivity index (χ0) is 37.6. The lowest BCUT2D eigenvalue weighted by molar-refractivity contribution is 0.224.